The van der Waals surface area contributed by atoms with Crippen molar-refractivity contribution in [1.82, 2.24) is 10.2 Å². The fourth-order valence-electron chi connectivity index (χ4n) is 2.58. The number of benzene rings is 1. The van der Waals surface area contributed by atoms with Crippen LogP contribution in [0.2, 0.25) is 0 Å². The van der Waals surface area contributed by atoms with Crippen LogP contribution in [-0.4, -0.2) is 55.1 Å². The van der Waals surface area contributed by atoms with E-state index in [2.05, 4.69) is 5.32 Å². The minimum atomic E-state index is -0.192. The van der Waals surface area contributed by atoms with E-state index in [4.69, 9.17) is 9.47 Å². The number of amides is 2. The number of ether oxygens (including phenoxy) is 2. The van der Waals surface area contributed by atoms with Gasteiger partial charge in [0.15, 0.2) is 0 Å². The number of rotatable bonds is 6. The fourth-order valence-corrected chi connectivity index (χ4v) is 2.58. The minimum Gasteiger partial charge on any atom is -0.496 e. The average molecular weight is 308 g/mol. The van der Waals surface area contributed by atoms with E-state index in [0.29, 0.717) is 13.2 Å². The molecule has 122 valence electrons. The number of nitrogens with one attached hydrogen (secondary N) is 1. The van der Waals surface area contributed by atoms with Crippen LogP contribution < -0.4 is 10.1 Å². The molecule has 0 unspecified atom stereocenters. The molecule has 2 amide bonds. The molecule has 2 atom stereocenters. The van der Waals surface area contributed by atoms with Crippen LogP contribution >= 0.6 is 0 Å². The van der Waals surface area contributed by atoms with Crippen LogP contribution in [0.4, 0.5) is 4.79 Å². The van der Waals surface area contributed by atoms with Gasteiger partial charge in [-0.25, -0.2) is 4.79 Å². The third-order valence-electron chi connectivity index (χ3n) is 3.90. The van der Waals surface area contributed by atoms with Crippen molar-refractivity contribution in [2.45, 2.75) is 32.0 Å². The Morgan fingerprint density at radius 1 is 1.50 bits per heavy atom. The zero-order valence-electron chi connectivity index (χ0n) is 13.1. The molecule has 0 bridgehead atoms. The van der Waals surface area contributed by atoms with Crippen LogP contribution in [-0.2, 0) is 11.3 Å². The van der Waals surface area contributed by atoms with Gasteiger partial charge in [-0.1, -0.05) is 18.2 Å². The highest BCUT2D eigenvalue weighted by Gasteiger charge is 2.27. The van der Waals surface area contributed by atoms with Gasteiger partial charge in [0, 0.05) is 18.7 Å². The van der Waals surface area contributed by atoms with E-state index in [1.807, 2.05) is 31.2 Å². The maximum absolute atomic E-state index is 12.4. The summed E-state index contributed by atoms with van der Waals surface area (Å²) in [5.74, 6) is 0.732. The molecule has 0 aromatic heterocycles. The van der Waals surface area contributed by atoms with Gasteiger partial charge < -0.3 is 24.8 Å². The number of hydrogen-bond acceptors (Lipinski definition) is 4. The van der Waals surface area contributed by atoms with Crippen LogP contribution in [0.15, 0.2) is 24.3 Å². The lowest BCUT2D eigenvalue weighted by Gasteiger charge is -2.26. The molecule has 1 aromatic carbocycles. The molecule has 0 aliphatic carbocycles. The second-order valence-electron chi connectivity index (χ2n) is 5.38. The number of aliphatic hydroxyl groups is 1. The number of para-hydroxylation sites is 1. The molecule has 6 nitrogen and oxygen atoms in total. The lowest BCUT2D eigenvalue weighted by Crippen LogP contribution is -2.47. The number of carbonyl (C=O) groups is 1. The molecule has 1 heterocycles. The van der Waals surface area contributed by atoms with Crippen molar-refractivity contribution in [3.8, 4) is 5.75 Å². The highest BCUT2D eigenvalue weighted by atomic mass is 16.5. The quantitative estimate of drug-likeness (QED) is 0.833. The monoisotopic (exact) mass is 308 g/mol. The Morgan fingerprint density at radius 3 is 2.91 bits per heavy atom. The Morgan fingerprint density at radius 2 is 2.27 bits per heavy atom. The summed E-state index contributed by atoms with van der Waals surface area (Å²) in [6.45, 7) is 3.19. The van der Waals surface area contributed by atoms with Gasteiger partial charge in [0.1, 0.15) is 5.75 Å². The van der Waals surface area contributed by atoms with Gasteiger partial charge in [0.25, 0.3) is 0 Å². The first-order valence-electron chi connectivity index (χ1n) is 7.55. The molecule has 1 saturated heterocycles. The molecule has 2 rings (SSSR count). The van der Waals surface area contributed by atoms with Crippen molar-refractivity contribution in [2.75, 3.05) is 26.9 Å². The van der Waals surface area contributed by atoms with Crippen molar-refractivity contribution in [3.05, 3.63) is 29.8 Å². The normalized spacial score (nSPS) is 20.7. The van der Waals surface area contributed by atoms with Gasteiger partial charge in [0.2, 0.25) is 0 Å². The second kappa shape index (κ2) is 8.00. The summed E-state index contributed by atoms with van der Waals surface area (Å²) < 4.78 is 10.8. The van der Waals surface area contributed by atoms with E-state index in [0.717, 1.165) is 17.7 Å². The SMILES string of the molecule is COc1ccccc1CN(CCO)C(=O)N[C@@H]1CCO[C@@H]1C. The Bertz CT molecular complexity index is 495. The van der Waals surface area contributed by atoms with Crippen LogP contribution in [0, 0.1) is 0 Å². The standard InChI is InChI=1S/C16H24N2O4/c1-12-14(7-10-22-12)17-16(20)18(8-9-19)11-13-5-3-4-6-15(13)21-2/h3-6,12,14,19H,7-11H2,1-2H3,(H,17,20)/t12-,14-/m1/s1. The topological polar surface area (TPSA) is 71.0 Å². The van der Waals surface area contributed by atoms with E-state index >= 15 is 0 Å². The van der Waals surface area contributed by atoms with Gasteiger partial charge in [-0.2, -0.15) is 0 Å². The summed E-state index contributed by atoms with van der Waals surface area (Å²) in [7, 11) is 1.60. The van der Waals surface area contributed by atoms with Gasteiger partial charge >= 0.3 is 6.03 Å². The summed E-state index contributed by atoms with van der Waals surface area (Å²) in [6, 6.07) is 7.39. The summed E-state index contributed by atoms with van der Waals surface area (Å²) >= 11 is 0. The molecule has 1 aromatic rings. The molecule has 2 N–H and O–H groups in total. The summed E-state index contributed by atoms with van der Waals surface area (Å²) in [4.78, 5) is 14.0. The number of aliphatic hydroxyl groups excluding tert-OH is 1. The number of nitrogens with zero attached hydrogens (tertiary/aromatic N) is 1. The smallest absolute Gasteiger partial charge is 0.318 e. The molecule has 1 aliphatic rings. The van der Waals surface area contributed by atoms with Gasteiger partial charge in [-0.05, 0) is 19.4 Å². The van der Waals surface area contributed by atoms with Gasteiger partial charge in [0.05, 0.1) is 32.4 Å². The molecule has 0 saturated carbocycles. The zero-order chi connectivity index (χ0) is 15.9. The van der Waals surface area contributed by atoms with Crippen LogP contribution in [0.3, 0.4) is 0 Å². The minimum absolute atomic E-state index is 0.0196. The lowest BCUT2D eigenvalue weighted by molar-refractivity contribution is 0.111. The Hall–Kier alpha value is -1.79. The first kappa shape index (κ1) is 16.6. The van der Waals surface area contributed by atoms with Crippen molar-refractivity contribution in [1.29, 1.82) is 0 Å². The predicted molar refractivity (Wildman–Crippen MR) is 82.8 cm³/mol. The molecule has 6 heteroatoms. The predicted octanol–water partition coefficient (Wildman–Crippen LogP) is 1.38. The molecule has 1 aliphatic heterocycles. The fraction of sp³-hybridized carbons (Fsp3) is 0.562. The van der Waals surface area contributed by atoms with E-state index in [1.54, 1.807) is 12.0 Å². The van der Waals surface area contributed by atoms with Crippen LogP contribution in [0.5, 0.6) is 5.75 Å². The van der Waals surface area contributed by atoms with Crippen molar-refractivity contribution in [3.63, 3.8) is 0 Å². The third-order valence-corrected chi connectivity index (χ3v) is 3.90. The molecule has 0 radical (unpaired) electrons. The molecular formula is C16H24N2O4. The number of urea groups is 1. The second-order valence-corrected chi connectivity index (χ2v) is 5.38. The third kappa shape index (κ3) is 4.11. The van der Waals surface area contributed by atoms with Gasteiger partial charge in [-0.15, -0.1) is 0 Å². The van der Waals surface area contributed by atoms with Crippen molar-refractivity contribution < 1.29 is 19.4 Å². The first-order valence-corrected chi connectivity index (χ1v) is 7.55. The number of methoxy groups -OCH3 is 1. The van der Waals surface area contributed by atoms with Gasteiger partial charge in [-0.3, -0.25) is 0 Å². The van der Waals surface area contributed by atoms with E-state index in [9.17, 15) is 9.90 Å². The molecular weight excluding hydrogens is 284 g/mol. The van der Waals surface area contributed by atoms with Crippen molar-refractivity contribution in [2.24, 2.45) is 0 Å². The number of hydrogen-bond donors (Lipinski definition) is 2. The first-order chi connectivity index (χ1) is 10.7. The highest BCUT2D eigenvalue weighted by molar-refractivity contribution is 5.74. The Kier molecular flexibility index (Phi) is 6.03. The maximum atomic E-state index is 12.4. The zero-order valence-corrected chi connectivity index (χ0v) is 13.1. The van der Waals surface area contributed by atoms with E-state index in [-0.39, 0.29) is 31.3 Å². The summed E-state index contributed by atoms with van der Waals surface area (Å²) in [5, 5.41) is 12.2. The van der Waals surface area contributed by atoms with E-state index < -0.39 is 0 Å². The summed E-state index contributed by atoms with van der Waals surface area (Å²) in [6.07, 6.45) is 0.834. The average Bonchev–Trinajstić information content (AvgIpc) is 2.92. The number of carbonyl (C=O) groups excluding carboxylic acids is 1. The van der Waals surface area contributed by atoms with Crippen LogP contribution in [0.1, 0.15) is 18.9 Å². The Labute approximate surface area is 131 Å². The highest BCUT2D eigenvalue weighted by Crippen LogP contribution is 2.20. The molecule has 22 heavy (non-hydrogen) atoms. The maximum Gasteiger partial charge on any atom is 0.318 e. The largest absolute Gasteiger partial charge is 0.496 e. The Balaban J connectivity index is 2.03. The molecule has 1 fully saturated rings. The van der Waals surface area contributed by atoms with Crippen molar-refractivity contribution >= 4 is 6.03 Å². The summed E-state index contributed by atoms with van der Waals surface area (Å²) in [5.41, 5.74) is 0.907. The van der Waals surface area contributed by atoms with Crippen LogP contribution in [0.25, 0.3) is 0 Å². The van der Waals surface area contributed by atoms with E-state index in [1.165, 1.54) is 0 Å². The molecule has 0 spiro atoms. The lowest BCUT2D eigenvalue weighted by atomic mass is 10.1.